The van der Waals surface area contributed by atoms with Crippen LogP contribution in [0.5, 0.6) is 11.5 Å². The van der Waals surface area contributed by atoms with Gasteiger partial charge in [-0.2, -0.15) is 4.79 Å². The van der Waals surface area contributed by atoms with Crippen LogP contribution in [-0.2, 0) is 16.1 Å². The molecule has 7 heteroatoms. The normalized spacial score (nSPS) is 18.0. The highest BCUT2D eigenvalue weighted by Gasteiger charge is 2.48. The number of likely N-dealkylation sites (tertiary alicyclic amines) is 1. The van der Waals surface area contributed by atoms with Crippen LogP contribution in [0, 0.1) is 0 Å². The van der Waals surface area contributed by atoms with Crippen molar-refractivity contribution in [1.29, 1.82) is 0 Å². The number of ether oxygens (including phenoxy) is 2. The van der Waals surface area contributed by atoms with E-state index in [0.717, 1.165) is 5.56 Å². The molecular weight excluding hydrogens is 274 g/mol. The number of carbonyl (C=O) groups is 2. The monoisotopic (exact) mass is 289 g/mol. The zero-order chi connectivity index (χ0) is 15.6. The van der Waals surface area contributed by atoms with Crippen molar-refractivity contribution in [2.45, 2.75) is 19.5 Å². The molecule has 1 fully saturated rings. The van der Waals surface area contributed by atoms with Crippen molar-refractivity contribution in [3.05, 3.63) is 29.3 Å². The lowest BCUT2D eigenvalue weighted by atomic mass is 10.1. The van der Waals surface area contributed by atoms with Gasteiger partial charge in [-0.25, -0.2) is 0 Å². The molecule has 1 aromatic carbocycles. The molecular formula is C14H15N3O4. The number of carbonyl (C=O) groups excluding carboxylic acids is 2. The summed E-state index contributed by atoms with van der Waals surface area (Å²) in [5.74, 6) is 0.0557. The predicted octanol–water partition coefficient (Wildman–Crippen LogP) is 0.674. The molecule has 0 radical (unpaired) electrons. The van der Waals surface area contributed by atoms with E-state index < -0.39 is 23.4 Å². The molecule has 0 saturated carbocycles. The van der Waals surface area contributed by atoms with Gasteiger partial charge in [0.2, 0.25) is 0 Å². The van der Waals surface area contributed by atoms with Crippen LogP contribution in [0.3, 0.4) is 0 Å². The Hall–Kier alpha value is -2.66. The summed E-state index contributed by atoms with van der Waals surface area (Å²) in [7, 11) is 3.05. The minimum Gasteiger partial charge on any atom is -0.493 e. The quantitative estimate of drug-likeness (QED) is 0.601. The Balaban J connectivity index is 2.28. The average Bonchev–Trinajstić information content (AvgIpc) is 2.70. The maximum atomic E-state index is 12.0. The fraction of sp³-hybridized carbons (Fsp3) is 0.357. The topological polar surface area (TPSA) is 92.2 Å². The van der Waals surface area contributed by atoms with Crippen LogP contribution in [0.15, 0.2) is 18.2 Å². The molecule has 1 aromatic rings. The molecule has 0 bridgehead atoms. The summed E-state index contributed by atoms with van der Waals surface area (Å²) in [5.41, 5.74) is 9.09. The van der Waals surface area contributed by atoms with Gasteiger partial charge < -0.3 is 19.9 Å². The second kappa shape index (κ2) is 5.76. The molecule has 0 unspecified atom stereocenters. The summed E-state index contributed by atoms with van der Waals surface area (Å²) in [6, 6.07) is 4.58. The van der Waals surface area contributed by atoms with Gasteiger partial charge in [0, 0.05) is 6.54 Å². The molecule has 1 aliphatic heterocycles. The van der Waals surface area contributed by atoms with Crippen molar-refractivity contribution in [3.8, 4) is 11.5 Å². The van der Waals surface area contributed by atoms with Gasteiger partial charge in [-0.15, -0.1) is 0 Å². The van der Waals surface area contributed by atoms with Gasteiger partial charge in [0.15, 0.2) is 11.5 Å². The van der Waals surface area contributed by atoms with E-state index in [-0.39, 0.29) is 6.54 Å². The predicted molar refractivity (Wildman–Crippen MR) is 73.2 cm³/mol. The number of nitrogens with zero attached hydrogens (tertiary/aromatic N) is 3. The maximum absolute atomic E-state index is 12.0. The van der Waals surface area contributed by atoms with Crippen molar-refractivity contribution < 1.29 is 23.9 Å². The van der Waals surface area contributed by atoms with Crippen LogP contribution < -0.4 is 9.47 Å². The highest BCUT2D eigenvalue weighted by Crippen LogP contribution is 2.28. The number of benzene rings is 1. The SMILES string of the molecule is COc1ccc(CN2C(=O)C(=[N+]=[N-])C(=O)[C@H]2C)cc1OC. The molecule has 0 N–H and O–H groups in total. The first-order chi connectivity index (χ1) is 10.0. The first-order valence-corrected chi connectivity index (χ1v) is 6.31. The van der Waals surface area contributed by atoms with E-state index in [0.29, 0.717) is 11.5 Å². The van der Waals surface area contributed by atoms with E-state index in [1.165, 1.54) is 19.1 Å². The molecule has 2 rings (SSSR count). The lowest BCUT2D eigenvalue weighted by Crippen LogP contribution is -2.32. The van der Waals surface area contributed by atoms with Crippen molar-refractivity contribution in [2.75, 3.05) is 14.2 Å². The largest absolute Gasteiger partial charge is 0.493 e. The molecule has 110 valence electrons. The van der Waals surface area contributed by atoms with Crippen LogP contribution in [0.1, 0.15) is 12.5 Å². The standard InChI is InChI=1S/C14H15N3O4/c1-8-13(18)12(16-15)14(19)17(8)7-9-4-5-10(20-2)11(6-9)21-3/h4-6,8H,7H2,1-3H3/t8-/m1/s1. The second-order valence-corrected chi connectivity index (χ2v) is 4.61. The second-order valence-electron chi connectivity index (χ2n) is 4.61. The minimum absolute atomic E-state index is 0.213. The van der Waals surface area contributed by atoms with E-state index in [1.54, 1.807) is 25.1 Å². The first-order valence-electron chi connectivity index (χ1n) is 6.31. The highest BCUT2D eigenvalue weighted by atomic mass is 16.5. The van der Waals surface area contributed by atoms with Crippen LogP contribution >= 0.6 is 0 Å². The first kappa shape index (κ1) is 14.7. The summed E-state index contributed by atoms with van der Waals surface area (Å²) in [5, 5.41) is 0. The van der Waals surface area contributed by atoms with Gasteiger partial charge in [0.1, 0.15) is 6.04 Å². The Morgan fingerprint density at radius 3 is 2.43 bits per heavy atom. The zero-order valence-corrected chi connectivity index (χ0v) is 12.0. The Labute approximate surface area is 121 Å². The summed E-state index contributed by atoms with van der Waals surface area (Å²) in [4.78, 5) is 27.9. The number of Topliss-reactive ketones (excluding diaryl/α,β-unsaturated/α-hetero) is 1. The lowest BCUT2D eigenvalue weighted by molar-refractivity contribution is -0.128. The fourth-order valence-corrected chi connectivity index (χ4v) is 2.23. The Morgan fingerprint density at radius 2 is 1.90 bits per heavy atom. The number of methoxy groups -OCH3 is 2. The molecule has 1 heterocycles. The number of ketones is 1. The molecule has 1 amide bonds. The van der Waals surface area contributed by atoms with Gasteiger partial charge in [-0.05, 0) is 24.6 Å². The van der Waals surface area contributed by atoms with E-state index in [9.17, 15) is 9.59 Å². The smallest absolute Gasteiger partial charge is 0.424 e. The Kier molecular flexibility index (Phi) is 4.05. The lowest BCUT2D eigenvalue weighted by Gasteiger charge is -2.19. The van der Waals surface area contributed by atoms with Crippen molar-refractivity contribution >= 4 is 17.4 Å². The molecule has 0 aliphatic carbocycles. The van der Waals surface area contributed by atoms with Crippen LogP contribution in [-0.4, -0.2) is 47.4 Å². The minimum atomic E-state index is -0.656. The molecule has 1 atom stereocenters. The van der Waals surface area contributed by atoms with Gasteiger partial charge in [0.05, 0.1) is 14.2 Å². The number of hydrogen-bond donors (Lipinski definition) is 0. The van der Waals surface area contributed by atoms with Gasteiger partial charge in [-0.1, -0.05) is 6.07 Å². The zero-order valence-electron chi connectivity index (χ0n) is 12.0. The van der Waals surface area contributed by atoms with E-state index in [1.807, 2.05) is 0 Å². The molecule has 1 saturated heterocycles. The molecule has 1 aliphatic rings. The van der Waals surface area contributed by atoms with Crippen LogP contribution in [0.2, 0.25) is 0 Å². The number of amides is 1. The Morgan fingerprint density at radius 1 is 1.24 bits per heavy atom. The number of hydrogen-bond acceptors (Lipinski definition) is 4. The maximum Gasteiger partial charge on any atom is 0.424 e. The van der Waals surface area contributed by atoms with Crippen molar-refractivity contribution in [1.82, 2.24) is 4.90 Å². The van der Waals surface area contributed by atoms with Crippen LogP contribution in [0.4, 0.5) is 0 Å². The van der Waals surface area contributed by atoms with E-state index in [4.69, 9.17) is 15.0 Å². The summed E-state index contributed by atoms with van der Waals surface area (Å²) in [6.07, 6.45) is 0. The molecule has 0 spiro atoms. The molecule has 0 aromatic heterocycles. The molecule has 7 nitrogen and oxygen atoms in total. The third kappa shape index (κ3) is 2.51. The van der Waals surface area contributed by atoms with Crippen molar-refractivity contribution in [3.63, 3.8) is 0 Å². The summed E-state index contributed by atoms with van der Waals surface area (Å²) >= 11 is 0. The van der Waals surface area contributed by atoms with E-state index >= 15 is 0 Å². The van der Waals surface area contributed by atoms with Crippen molar-refractivity contribution in [2.24, 2.45) is 0 Å². The molecule has 21 heavy (non-hydrogen) atoms. The third-order valence-electron chi connectivity index (χ3n) is 3.44. The highest BCUT2D eigenvalue weighted by molar-refractivity contribution is 6.67. The van der Waals surface area contributed by atoms with Gasteiger partial charge >= 0.3 is 11.6 Å². The van der Waals surface area contributed by atoms with Gasteiger partial charge in [-0.3, -0.25) is 9.59 Å². The average molecular weight is 289 g/mol. The Bertz CT molecular complexity index is 650. The summed E-state index contributed by atoms with van der Waals surface area (Å²) in [6.45, 7) is 1.81. The van der Waals surface area contributed by atoms with Gasteiger partial charge in [0.25, 0.3) is 5.78 Å². The fourth-order valence-electron chi connectivity index (χ4n) is 2.23. The number of rotatable bonds is 4. The van der Waals surface area contributed by atoms with Crippen LogP contribution in [0.25, 0.3) is 5.53 Å². The third-order valence-corrected chi connectivity index (χ3v) is 3.44. The summed E-state index contributed by atoms with van der Waals surface area (Å²) < 4.78 is 10.3. The van der Waals surface area contributed by atoms with E-state index in [2.05, 4.69) is 4.79 Å².